The first-order valence-electron chi connectivity index (χ1n) is 5.02. The maximum atomic E-state index is 11.8. The van der Waals surface area contributed by atoms with Crippen LogP contribution in [0.2, 0.25) is 0 Å². The predicted octanol–water partition coefficient (Wildman–Crippen LogP) is 0.989. The fourth-order valence-corrected chi connectivity index (χ4v) is 1.20. The SMILES string of the molecule is Cc1cccc(C(=O)NC(C)(C)C(N)=O)c1. The third kappa shape index (κ3) is 2.82. The number of carbonyl (C=O) groups is 2. The molecule has 1 aromatic carbocycles. The monoisotopic (exact) mass is 220 g/mol. The van der Waals surface area contributed by atoms with E-state index in [4.69, 9.17) is 5.73 Å². The van der Waals surface area contributed by atoms with Gasteiger partial charge in [-0.2, -0.15) is 0 Å². The molecule has 1 aromatic rings. The molecular weight excluding hydrogens is 204 g/mol. The Morgan fingerprint density at radius 1 is 1.31 bits per heavy atom. The molecule has 0 radical (unpaired) electrons. The topological polar surface area (TPSA) is 72.2 Å². The van der Waals surface area contributed by atoms with E-state index in [0.29, 0.717) is 5.56 Å². The zero-order valence-corrected chi connectivity index (χ0v) is 9.70. The molecule has 2 amide bonds. The van der Waals surface area contributed by atoms with Crippen molar-refractivity contribution < 1.29 is 9.59 Å². The van der Waals surface area contributed by atoms with E-state index in [0.717, 1.165) is 5.56 Å². The van der Waals surface area contributed by atoms with Gasteiger partial charge in [0.2, 0.25) is 5.91 Å². The Bertz CT molecular complexity index is 425. The highest BCUT2D eigenvalue weighted by Gasteiger charge is 2.27. The summed E-state index contributed by atoms with van der Waals surface area (Å²) in [6, 6.07) is 7.14. The second kappa shape index (κ2) is 4.35. The summed E-state index contributed by atoms with van der Waals surface area (Å²) in [5.74, 6) is -0.860. The van der Waals surface area contributed by atoms with Gasteiger partial charge in [-0.15, -0.1) is 0 Å². The Balaban J connectivity index is 2.85. The molecule has 0 aliphatic carbocycles. The summed E-state index contributed by atoms with van der Waals surface area (Å²) in [6.45, 7) is 5.04. The lowest BCUT2D eigenvalue weighted by atomic mass is 10.0. The second-order valence-corrected chi connectivity index (χ2v) is 4.31. The minimum absolute atomic E-state index is 0.299. The molecule has 0 heterocycles. The van der Waals surface area contributed by atoms with Gasteiger partial charge in [0, 0.05) is 5.56 Å². The van der Waals surface area contributed by atoms with Crippen LogP contribution in [0.15, 0.2) is 24.3 Å². The van der Waals surface area contributed by atoms with Crippen molar-refractivity contribution in [3.8, 4) is 0 Å². The van der Waals surface area contributed by atoms with Crippen LogP contribution in [0.5, 0.6) is 0 Å². The molecule has 1 rings (SSSR count). The summed E-state index contributed by atoms with van der Waals surface area (Å²) in [7, 11) is 0. The highest BCUT2D eigenvalue weighted by atomic mass is 16.2. The molecule has 0 aliphatic rings. The summed E-state index contributed by atoms with van der Waals surface area (Å²) in [5, 5.41) is 2.59. The van der Waals surface area contributed by atoms with Gasteiger partial charge in [-0.1, -0.05) is 17.7 Å². The van der Waals surface area contributed by atoms with Gasteiger partial charge in [0.1, 0.15) is 5.54 Å². The lowest BCUT2D eigenvalue weighted by molar-refractivity contribution is -0.122. The van der Waals surface area contributed by atoms with Crippen LogP contribution in [-0.2, 0) is 4.79 Å². The van der Waals surface area contributed by atoms with E-state index < -0.39 is 11.4 Å². The Kier molecular flexibility index (Phi) is 3.32. The van der Waals surface area contributed by atoms with E-state index in [1.807, 2.05) is 13.0 Å². The van der Waals surface area contributed by atoms with Gasteiger partial charge in [-0.3, -0.25) is 9.59 Å². The number of primary amides is 1. The normalized spacial score (nSPS) is 10.9. The zero-order valence-electron chi connectivity index (χ0n) is 9.70. The lowest BCUT2D eigenvalue weighted by Crippen LogP contribution is -2.53. The van der Waals surface area contributed by atoms with E-state index in [1.54, 1.807) is 32.0 Å². The second-order valence-electron chi connectivity index (χ2n) is 4.31. The summed E-state index contributed by atoms with van der Waals surface area (Å²) in [4.78, 5) is 22.9. The molecular formula is C12H16N2O2. The van der Waals surface area contributed by atoms with Crippen LogP contribution in [0, 0.1) is 6.92 Å². The van der Waals surface area contributed by atoms with Crippen LogP contribution < -0.4 is 11.1 Å². The zero-order chi connectivity index (χ0) is 12.3. The number of nitrogens with one attached hydrogen (secondary N) is 1. The largest absolute Gasteiger partial charge is 0.368 e. The van der Waals surface area contributed by atoms with E-state index >= 15 is 0 Å². The van der Waals surface area contributed by atoms with E-state index in [1.165, 1.54) is 0 Å². The van der Waals surface area contributed by atoms with E-state index in [9.17, 15) is 9.59 Å². The Hall–Kier alpha value is -1.84. The minimum atomic E-state index is -1.04. The average Bonchev–Trinajstić information content (AvgIpc) is 2.16. The van der Waals surface area contributed by atoms with Crippen LogP contribution in [-0.4, -0.2) is 17.4 Å². The first-order chi connectivity index (χ1) is 7.33. The van der Waals surface area contributed by atoms with Gasteiger partial charge in [0.15, 0.2) is 0 Å². The molecule has 0 bridgehead atoms. The van der Waals surface area contributed by atoms with Crippen LogP contribution >= 0.6 is 0 Å². The molecule has 0 aromatic heterocycles. The Morgan fingerprint density at radius 2 is 1.94 bits per heavy atom. The number of aryl methyl sites for hydroxylation is 1. The van der Waals surface area contributed by atoms with Gasteiger partial charge < -0.3 is 11.1 Å². The third-order valence-corrected chi connectivity index (χ3v) is 2.32. The number of rotatable bonds is 3. The maximum absolute atomic E-state index is 11.8. The van der Waals surface area contributed by atoms with Crippen LogP contribution in [0.4, 0.5) is 0 Å². The van der Waals surface area contributed by atoms with Crippen molar-refractivity contribution in [2.24, 2.45) is 5.73 Å². The van der Waals surface area contributed by atoms with E-state index in [2.05, 4.69) is 5.32 Å². The van der Waals surface area contributed by atoms with Crippen molar-refractivity contribution in [2.75, 3.05) is 0 Å². The number of benzene rings is 1. The summed E-state index contributed by atoms with van der Waals surface area (Å²) in [6.07, 6.45) is 0. The average molecular weight is 220 g/mol. The molecule has 0 saturated carbocycles. The maximum Gasteiger partial charge on any atom is 0.252 e. The van der Waals surface area contributed by atoms with E-state index in [-0.39, 0.29) is 5.91 Å². The molecule has 0 atom stereocenters. The van der Waals surface area contributed by atoms with Crippen molar-refractivity contribution in [1.29, 1.82) is 0 Å². The molecule has 0 fully saturated rings. The Labute approximate surface area is 94.8 Å². The van der Waals surface area contributed by atoms with Crippen molar-refractivity contribution >= 4 is 11.8 Å². The van der Waals surface area contributed by atoms with Crippen molar-refractivity contribution in [2.45, 2.75) is 26.3 Å². The first-order valence-corrected chi connectivity index (χ1v) is 5.02. The summed E-state index contributed by atoms with van der Waals surface area (Å²) in [5.41, 5.74) is 5.64. The predicted molar refractivity (Wildman–Crippen MR) is 61.9 cm³/mol. The van der Waals surface area contributed by atoms with Crippen molar-refractivity contribution in [3.05, 3.63) is 35.4 Å². The van der Waals surface area contributed by atoms with Gasteiger partial charge in [-0.05, 0) is 32.9 Å². The Morgan fingerprint density at radius 3 is 2.44 bits per heavy atom. The van der Waals surface area contributed by atoms with Crippen LogP contribution in [0.3, 0.4) is 0 Å². The van der Waals surface area contributed by atoms with Gasteiger partial charge in [0.05, 0.1) is 0 Å². The van der Waals surface area contributed by atoms with Gasteiger partial charge in [-0.25, -0.2) is 0 Å². The summed E-state index contributed by atoms with van der Waals surface area (Å²) >= 11 is 0. The third-order valence-electron chi connectivity index (χ3n) is 2.32. The number of hydrogen-bond donors (Lipinski definition) is 2. The molecule has 0 aliphatic heterocycles. The molecule has 4 nitrogen and oxygen atoms in total. The van der Waals surface area contributed by atoms with Gasteiger partial charge in [0.25, 0.3) is 5.91 Å². The molecule has 3 N–H and O–H groups in total. The number of amides is 2. The molecule has 16 heavy (non-hydrogen) atoms. The first kappa shape index (κ1) is 12.2. The molecule has 4 heteroatoms. The number of hydrogen-bond acceptors (Lipinski definition) is 2. The number of nitrogens with two attached hydrogens (primary N) is 1. The van der Waals surface area contributed by atoms with Crippen LogP contribution in [0.1, 0.15) is 29.8 Å². The number of carbonyl (C=O) groups excluding carboxylic acids is 2. The van der Waals surface area contributed by atoms with Crippen molar-refractivity contribution in [3.63, 3.8) is 0 Å². The fourth-order valence-electron chi connectivity index (χ4n) is 1.20. The smallest absolute Gasteiger partial charge is 0.252 e. The van der Waals surface area contributed by atoms with Crippen molar-refractivity contribution in [1.82, 2.24) is 5.32 Å². The fraction of sp³-hybridized carbons (Fsp3) is 0.333. The highest BCUT2D eigenvalue weighted by molar-refractivity contribution is 5.98. The lowest BCUT2D eigenvalue weighted by Gasteiger charge is -2.22. The summed E-state index contributed by atoms with van der Waals surface area (Å²) < 4.78 is 0. The standard InChI is InChI=1S/C12H16N2O2/c1-8-5-4-6-9(7-8)10(15)14-12(2,3)11(13)16/h4-7H,1-3H3,(H2,13,16)(H,14,15). The molecule has 86 valence electrons. The quantitative estimate of drug-likeness (QED) is 0.797. The highest BCUT2D eigenvalue weighted by Crippen LogP contribution is 2.07. The molecule has 0 unspecified atom stereocenters. The molecule has 0 saturated heterocycles. The van der Waals surface area contributed by atoms with Gasteiger partial charge >= 0.3 is 0 Å². The molecule has 0 spiro atoms. The van der Waals surface area contributed by atoms with Crippen LogP contribution in [0.25, 0.3) is 0 Å². The minimum Gasteiger partial charge on any atom is -0.368 e.